The minimum Gasteiger partial charge on any atom is -0.491 e. The number of carbonyl (C=O) groups is 1. The van der Waals surface area contributed by atoms with E-state index in [-0.39, 0.29) is 11.9 Å². The number of nitrogens with one attached hydrogen (secondary N) is 1. The zero-order valence-electron chi connectivity index (χ0n) is 15.4. The number of rotatable bonds is 8. The predicted molar refractivity (Wildman–Crippen MR) is 100 cm³/mol. The van der Waals surface area contributed by atoms with Gasteiger partial charge in [-0.3, -0.25) is 4.79 Å². The molecule has 25 heavy (non-hydrogen) atoms. The number of para-hydroxylation sites is 2. The molecule has 2 aromatic carbocycles. The minimum absolute atomic E-state index is 0.110. The number of ether oxygens (including phenoxy) is 2. The molecule has 0 heterocycles. The molecule has 0 fully saturated rings. The fraction of sp³-hybridized carbons (Fsp3) is 0.381. The van der Waals surface area contributed by atoms with Crippen molar-refractivity contribution >= 4 is 5.91 Å². The fourth-order valence-corrected chi connectivity index (χ4v) is 2.47. The van der Waals surface area contributed by atoms with Gasteiger partial charge in [0.15, 0.2) is 6.10 Å². The molecule has 134 valence electrons. The second kappa shape index (κ2) is 9.11. The lowest BCUT2D eigenvalue weighted by molar-refractivity contribution is -0.129. The Labute approximate surface area is 150 Å². The van der Waals surface area contributed by atoms with Crippen molar-refractivity contribution in [3.8, 4) is 11.5 Å². The highest BCUT2D eigenvalue weighted by Crippen LogP contribution is 2.19. The van der Waals surface area contributed by atoms with Crippen LogP contribution in [0.25, 0.3) is 0 Å². The first kappa shape index (κ1) is 18.8. The molecular weight excluding hydrogens is 314 g/mol. The van der Waals surface area contributed by atoms with Crippen LogP contribution in [0.5, 0.6) is 11.5 Å². The van der Waals surface area contributed by atoms with Gasteiger partial charge in [0.1, 0.15) is 18.1 Å². The van der Waals surface area contributed by atoms with Gasteiger partial charge in [0, 0.05) is 0 Å². The van der Waals surface area contributed by atoms with E-state index in [1.54, 1.807) is 0 Å². The SMILES string of the molecule is CCC(Oc1ccccc1C)C(=O)NC(C)COc1ccccc1C. The number of hydrogen-bond donors (Lipinski definition) is 1. The molecule has 0 aliphatic carbocycles. The topological polar surface area (TPSA) is 47.6 Å². The van der Waals surface area contributed by atoms with E-state index in [0.29, 0.717) is 13.0 Å². The molecule has 0 radical (unpaired) electrons. The summed E-state index contributed by atoms with van der Waals surface area (Å²) in [6, 6.07) is 15.5. The maximum atomic E-state index is 12.5. The van der Waals surface area contributed by atoms with Crippen LogP contribution in [-0.2, 0) is 4.79 Å². The molecule has 1 amide bonds. The Balaban J connectivity index is 1.88. The van der Waals surface area contributed by atoms with Crippen molar-refractivity contribution < 1.29 is 14.3 Å². The first-order valence-electron chi connectivity index (χ1n) is 8.72. The van der Waals surface area contributed by atoms with E-state index in [1.807, 2.05) is 76.2 Å². The van der Waals surface area contributed by atoms with Crippen LogP contribution in [0.3, 0.4) is 0 Å². The van der Waals surface area contributed by atoms with E-state index in [4.69, 9.17) is 9.47 Å². The van der Waals surface area contributed by atoms with Crippen LogP contribution in [0.2, 0.25) is 0 Å². The lowest BCUT2D eigenvalue weighted by atomic mass is 10.2. The van der Waals surface area contributed by atoms with Crippen molar-refractivity contribution in [2.45, 2.75) is 46.3 Å². The van der Waals surface area contributed by atoms with Gasteiger partial charge >= 0.3 is 0 Å². The van der Waals surface area contributed by atoms with Crippen LogP contribution < -0.4 is 14.8 Å². The molecule has 0 aromatic heterocycles. The van der Waals surface area contributed by atoms with E-state index in [1.165, 1.54) is 0 Å². The number of amides is 1. The van der Waals surface area contributed by atoms with Crippen LogP contribution in [0.1, 0.15) is 31.4 Å². The van der Waals surface area contributed by atoms with Gasteiger partial charge in [-0.2, -0.15) is 0 Å². The Morgan fingerprint density at radius 3 is 2.12 bits per heavy atom. The summed E-state index contributed by atoms with van der Waals surface area (Å²) < 4.78 is 11.7. The summed E-state index contributed by atoms with van der Waals surface area (Å²) in [6.45, 7) is 8.26. The van der Waals surface area contributed by atoms with Crippen molar-refractivity contribution in [2.24, 2.45) is 0 Å². The van der Waals surface area contributed by atoms with E-state index in [2.05, 4.69) is 5.32 Å². The number of aryl methyl sites for hydroxylation is 2. The molecule has 2 atom stereocenters. The molecule has 0 bridgehead atoms. The van der Waals surface area contributed by atoms with Crippen molar-refractivity contribution in [2.75, 3.05) is 6.61 Å². The van der Waals surface area contributed by atoms with Crippen LogP contribution >= 0.6 is 0 Å². The Kier molecular flexibility index (Phi) is 6.87. The van der Waals surface area contributed by atoms with Gasteiger partial charge in [0.05, 0.1) is 6.04 Å². The quantitative estimate of drug-likeness (QED) is 0.788. The first-order valence-corrected chi connectivity index (χ1v) is 8.72. The standard InChI is InChI=1S/C21H27NO3/c1-5-18(25-20-13-9-7-11-16(20)3)21(23)22-17(4)14-24-19-12-8-6-10-15(19)2/h6-13,17-18H,5,14H2,1-4H3,(H,22,23). The van der Waals surface area contributed by atoms with Crippen LogP contribution in [-0.4, -0.2) is 24.7 Å². The van der Waals surface area contributed by atoms with Gasteiger partial charge in [-0.1, -0.05) is 43.3 Å². The Bertz CT molecular complexity index is 699. The van der Waals surface area contributed by atoms with Crippen molar-refractivity contribution in [1.82, 2.24) is 5.32 Å². The molecule has 4 heteroatoms. The first-order chi connectivity index (χ1) is 12.0. The van der Waals surface area contributed by atoms with E-state index >= 15 is 0 Å². The van der Waals surface area contributed by atoms with Gasteiger partial charge in [-0.05, 0) is 50.5 Å². The van der Waals surface area contributed by atoms with Crippen molar-refractivity contribution in [3.63, 3.8) is 0 Å². The third-order valence-corrected chi connectivity index (χ3v) is 4.00. The Morgan fingerprint density at radius 1 is 1.00 bits per heavy atom. The maximum Gasteiger partial charge on any atom is 0.261 e. The van der Waals surface area contributed by atoms with Crippen LogP contribution in [0.4, 0.5) is 0 Å². The summed E-state index contributed by atoms with van der Waals surface area (Å²) in [4.78, 5) is 12.5. The lowest BCUT2D eigenvalue weighted by Crippen LogP contribution is -2.44. The molecule has 0 saturated carbocycles. The van der Waals surface area contributed by atoms with Gasteiger partial charge in [0.2, 0.25) is 0 Å². The molecule has 0 saturated heterocycles. The van der Waals surface area contributed by atoms with Gasteiger partial charge in [-0.25, -0.2) is 0 Å². The molecule has 2 rings (SSSR count). The van der Waals surface area contributed by atoms with Gasteiger partial charge in [-0.15, -0.1) is 0 Å². The summed E-state index contributed by atoms with van der Waals surface area (Å²) in [5.74, 6) is 1.46. The highest BCUT2D eigenvalue weighted by molar-refractivity contribution is 5.81. The Morgan fingerprint density at radius 2 is 1.56 bits per heavy atom. The fourth-order valence-electron chi connectivity index (χ4n) is 2.47. The summed E-state index contributed by atoms with van der Waals surface area (Å²) >= 11 is 0. The molecule has 0 spiro atoms. The smallest absolute Gasteiger partial charge is 0.261 e. The summed E-state index contributed by atoms with van der Waals surface area (Å²) in [6.07, 6.45) is 0.0907. The third-order valence-electron chi connectivity index (χ3n) is 4.00. The number of benzene rings is 2. The second-order valence-electron chi connectivity index (χ2n) is 6.27. The normalized spacial score (nSPS) is 13.0. The number of carbonyl (C=O) groups excluding carboxylic acids is 1. The summed E-state index contributed by atoms with van der Waals surface area (Å²) in [5.41, 5.74) is 2.10. The Hall–Kier alpha value is -2.49. The van der Waals surface area contributed by atoms with Crippen LogP contribution in [0, 0.1) is 13.8 Å². The second-order valence-corrected chi connectivity index (χ2v) is 6.27. The monoisotopic (exact) mass is 341 g/mol. The third kappa shape index (κ3) is 5.52. The highest BCUT2D eigenvalue weighted by Gasteiger charge is 2.21. The average molecular weight is 341 g/mol. The van der Waals surface area contributed by atoms with E-state index < -0.39 is 6.10 Å². The van der Waals surface area contributed by atoms with Crippen molar-refractivity contribution in [1.29, 1.82) is 0 Å². The van der Waals surface area contributed by atoms with E-state index in [9.17, 15) is 4.79 Å². The molecule has 2 aromatic rings. The van der Waals surface area contributed by atoms with Gasteiger partial charge < -0.3 is 14.8 Å². The summed E-state index contributed by atoms with van der Waals surface area (Å²) in [5, 5.41) is 2.97. The molecule has 4 nitrogen and oxygen atoms in total. The van der Waals surface area contributed by atoms with Crippen molar-refractivity contribution in [3.05, 3.63) is 59.7 Å². The molecule has 2 unspecified atom stereocenters. The average Bonchev–Trinajstić information content (AvgIpc) is 2.60. The maximum absolute atomic E-state index is 12.5. The largest absolute Gasteiger partial charge is 0.491 e. The van der Waals surface area contributed by atoms with Gasteiger partial charge in [0.25, 0.3) is 5.91 Å². The molecule has 1 N–H and O–H groups in total. The molecule has 0 aliphatic heterocycles. The minimum atomic E-state index is -0.512. The molecular formula is C21H27NO3. The molecule has 0 aliphatic rings. The zero-order chi connectivity index (χ0) is 18.2. The predicted octanol–water partition coefficient (Wildman–Crippen LogP) is 4.04. The summed E-state index contributed by atoms with van der Waals surface area (Å²) in [7, 11) is 0. The van der Waals surface area contributed by atoms with Crippen LogP contribution in [0.15, 0.2) is 48.5 Å². The number of hydrogen-bond acceptors (Lipinski definition) is 3. The zero-order valence-corrected chi connectivity index (χ0v) is 15.4. The highest BCUT2D eigenvalue weighted by atomic mass is 16.5. The van der Waals surface area contributed by atoms with E-state index in [0.717, 1.165) is 22.6 Å². The lowest BCUT2D eigenvalue weighted by Gasteiger charge is -2.21.